The molecule has 0 aliphatic carbocycles. The minimum absolute atomic E-state index is 0.358. The molecule has 2 aliphatic rings. The van der Waals surface area contributed by atoms with E-state index < -0.39 is 0 Å². The molecule has 0 bridgehead atoms. The first-order valence-electron chi connectivity index (χ1n) is 4.34. The van der Waals surface area contributed by atoms with Crippen molar-refractivity contribution >= 4 is 0 Å². The van der Waals surface area contributed by atoms with Crippen LogP contribution in [0.2, 0.25) is 0 Å². The molecule has 2 aliphatic heterocycles. The Morgan fingerprint density at radius 3 is 1.67 bits per heavy atom. The Morgan fingerprint density at radius 1 is 0.917 bits per heavy atom. The molecule has 2 fully saturated rings. The van der Waals surface area contributed by atoms with Crippen LogP contribution in [0.5, 0.6) is 0 Å². The normalized spacial score (nSPS) is 32.0. The first-order chi connectivity index (χ1) is 5.95. The van der Waals surface area contributed by atoms with Gasteiger partial charge in [0.2, 0.25) is 0 Å². The second-order valence-corrected chi connectivity index (χ2v) is 3.06. The van der Waals surface area contributed by atoms with Crippen molar-refractivity contribution in [3.05, 3.63) is 0 Å². The third-order valence-electron chi connectivity index (χ3n) is 1.78. The lowest BCUT2D eigenvalue weighted by molar-refractivity contribution is 0.0366. The summed E-state index contributed by atoms with van der Waals surface area (Å²) < 4.78 is 20.5. The number of rotatable bonds is 7. The van der Waals surface area contributed by atoms with E-state index in [1.807, 2.05) is 0 Å². The van der Waals surface area contributed by atoms with Crippen LogP contribution < -0.4 is 0 Å². The standard InChI is InChI=1S/C8H14O4/c1(9-3-7-5-11-7)2-10-4-8-6-12-8/h7-8H,1-6H2/t7-,8?/m1/s1. The Bertz CT molecular complexity index is 115. The molecule has 4 nitrogen and oxygen atoms in total. The van der Waals surface area contributed by atoms with Crippen molar-refractivity contribution in [2.75, 3.05) is 39.6 Å². The van der Waals surface area contributed by atoms with E-state index in [-0.39, 0.29) is 0 Å². The molecular weight excluding hydrogens is 160 g/mol. The summed E-state index contributed by atoms with van der Waals surface area (Å²) in [4.78, 5) is 0. The van der Waals surface area contributed by atoms with Crippen molar-refractivity contribution < 1.29 is 18.9 Å². The zero-order valence-electron chi connectivity index (χ0n) is 7.03. The lowest BCUT2D eigenvalue weighted by atomic mass is 10.5. The molecule has 0 amide bonds. The van der Waals surface area contributed by atoms with Gasteiger partial charge in [-0.3, -0.25) is 0 Å². The highest BCUT2D eigenvalue weighted by Crippen LogP contribution is 2.09. The van der Waals surface area contributed by atoms with E-state index in [0.717, 1.165) is 13.2 Å². The van der Waals surface area contributed by atoms with Crippen LogP contribution in [0.25, 0.3) is 0 Å². The fourth-order valence-electron chi connectivity index (χ4n) is 0.876. The zero-order chi connectivity index (χ0) is 8.23. The third-order valence-corrected chi connectivity index (χ3v) is 1.78. The van der Waals surface area contributed by atoms with Crippen LogP contribution in [0.4, 0.5) is 0 Å². The molecule has 2 rings (SSSR count). The topological polar surface area (TPSA) is 43.5 Å². The van der Waals surface area contributed by atoms with Crippen molar-refractivity contribution in [3.63, 3.8) is 0 Å². The fraction of sp³-hybridized carbons (Fsp3) is 1.00. The summed E-state index contributed by atoms with van der Waals surface area (Å²) in [5.74, 6) is 0. The van der Waals surface area contributed by atoms with Crippen LogP contribution in [0.15, 0.2) is 0 Å². The Balaban J connectivity index is 1.31. The second kappa shape index (κ2) is 4.18. The molecule has 0 radical (unpaired) electrons. The quantitative estimate of drug-likeness (QED) is 0.396. The number of hydrogen-bond acceptors (Lipinski definition) is 4. The maximum absolute atomic E-state index is 5.27. The minimum atomic E-state index is 0.358. The van der Waals surface area contributed by atoms with Crippen LogP contribution in [-0.4, -0.2) is 51.8 Å². The highest BCUT2D eigenvalue weighted by molar-refractivity contribution is 4.68. The van der Waals surface area contributed by atoms with Gasteiger partial charge >= 0.3 is 0 Å². The SMILES string of the molecule is C(COC[C@@H]1CO1)OCC1CO1. The van der Waals surface area contributed by atoms with Crippen LogP contribution in [0, 0.1) is 0 Å². The molecule has 12 heavy (non-hydrogen) atoms. The molecular formula is C8H14O4. The molecule has 2 saturated heterocycles. The van der Waals surface area contributed by atoms with E-state index in [1.54, 1.807) is 0 Å². The van der Waals surface area contributed by atoms with Gasteiger partial charge in [-0.2, -0.15) is 0 Å². The number of ether oxygens (including phenoxy) is 4. The van der Waals surface area contributed by atoms with Gasteiger partial charge in [-0.05, 0) is 0 Å². The summed E-state index contributed by atoms with van der Waals surface area (Å²) in [6.45, 7) is 4.46. The lowest BCUT2D eigenvalue weighted by Crippen LogP contribution is -2.10. The molecule has 0 aromatic carbocycles. The molecule has 2 heterocycles. The monoisotopic (exact) mass is 174 g/mol. The van der Waals surface area contributed by atoms with Gasteiger partial charge in [0.15, 0.2) is 0 Å². The Kier molecular flexibility index (Phi) is 2.94. The molecule has 1 unspecified atom stereocenters. The zero-order valence-corrected chi connectivity index (χ0v) is 7.03. The predicted octanol–water partition coefficient (Wildman–Crippen LogP) is -0.183. The Labute approximate surface area is 71.7 Å². The maximum Gasteiger partial charge on any atom is 0.104 e. The molecule has 4 heteroatoms. The smallest absolute Gasteiger partial charge is 0.104 e. The minimum Gasteiger partial charge on any atom is -0.376 e. The predicted molar refractivity (Wildman–Crippen MR) is 41.1 cm³/mol. The van der Waals surface area contributed by atoms with E-state index in [2.05, 4.69) is 0 Å². The van der Waals surface area contributed by atoms with Gasteiger partial charge in [0.25, 0.3) is 0 Å². The fourth-order valence-corrected chi connectivity index (χ4v) is 0.876. The summed E-state index contributed by atoms with van der Waals surface area (Å²) in [6, 6.07) is 0. The van der Waals surface area contributed by atoms with E-state index in [1.165, 1.54) is 0 Å². The van der Waals surface area contributed by atoms with Crippen molar-refractivity contribution in [1.82, 2.24) is 0 Å². The van der Waals surface area contributed by atoms with E-state index >= 15 is 0 Å². The molecule has 70 valence electrons. The first kappa shape index (κ1) is 8.44. The molecule has 0 saturated carbocycles. The molecule has 0 spiro atoms. The van der Waals surface area contributed by atoms with Crippen LogP contribution in [0.3, 0.4) is 0 Å². The van der Waals surface area contributed by atoms with E-state index in [4.69, 9.17) is 18.9 Å². The maximum atomic E-state index is 5.27. The summed E-state index contributed by atoms with van der Waals surface area (Å²) in [7, 11) is 0. The number of hydrogen-bond donors (Lipinski definition) is 0. The van der Waals surface area contributed by atoms with Crippen molar-refractivity contribution in [1.29, 1.82) is 0 Å². The van der Waals surface area contributed by atoms with Crippen molar-refractivity contribution in [2.45, 2.75) is 12.2 Å². The first-order valence-corrected chi connectivity index (χ1v) is 4.34. The largest absolute Gasteiger partial charge is 0.376 e. The van der Waals surface area contributed by atoms with Crippen molar-refractivity contribution in [3.8, 4) is 0 Å². The van der Waals surface area contributed by atoms with Gasteiger partial charge in [-0.25, -0.2) is 0 Å². The van der Waals surface area contributed by atoms with Gasteiger partial charge in [-0.15, -0.1) is 0 Å². The summed E-state index contributed by atoms with van der Waals surface area (Å²) in [5.41, 5.74) is 0. The van der Waals surface area contributed by atoms with Crippen LogP contribution >= 0.6 is 0 Å². The van der Waals surface area contributed by atoms with E-state index in [0.29, 0.717) is 38.6 Å². The van der Waals surface area contributed by atoms with Gasteiger partial charge < -0.3 is 18.9 Å². The second-order valence-electron chi connectivity index (χ2n) is 3.06. The number of epoxide rings is 2. The summed E-state index contributed by atoms with van der Waals surface area (Å²) in [6.07, 6.45) is 0.716. The Morgan fingerprint density at radius 2 is 1.33 bits per heavy atom. The molecule has 0 aromatic rings. The molecule has 0 N–H and O–H groups in total. The molecule has 0 aromatic heterocycles. The van der Waals surface area contributed by atoms with Gasteiger partial charge in [0.05, 0.1) is 39.6 Å². The third kappa shape index (κ3) is 3.49. The lowest BCUT2D eigenvalue weighted by Gasteiger charge is -2.02. The average molecular weight is 174 g/mol. The van der Waals surface area contributed by atoms with Crippen LogP contribution in [0.1, 0.15) is 0 Å². The highest BCUT2D eigenvalue weighted by atomic mass is 16.6. The summed E-state index contributed by atoms with van der Waals surface area (Å²) in [5, 5.41) is 0. The van der Waals surface area contributed by atoms with Gasteiger partial charge in [-0.1, -0.05) is 0 Å². The summed E-state index contributed by atoms with van der Waals surface area (Å²) >= 11 is 0. The highest BCUT2D eigenvalue weighted by Gasteiger charge is 2.23. The molecule has 2 atom stereocenters. The van der Waals surface area contributed by atoms with Gasteiger partial charge in [0.1, 0.15) is 12.2 Å². The van der Waals surface area contributed by atoms with Crippen molar-refractivity contribution in [2.24, 2.45) is 0 Å². The van der Waals surface area contributed by atoms with Crippen LogP contribution in [-0.2, 0) is 18.9 Å². The Hall–Kier alpha value is -0.160. The van der Waals surface area contributed by atoms with Gasteiger partial charge in [0, 0.05) is 0 Å². The average Bonchev–Trinajstić information content (AvgIpc) is 2.89. The van der Waals surface area contributed by atoms with E-state index in [9.17, 15) is 0 Å².